The molecule has 57 heavy (non-hydrogen) atoms. The number of nitrogens with two attached hydrogens (primary N) is 1. The number of carbonyl (C=O) groups is 4. The number of carboxylic acid groups (broad SMARTS) is 1. The van der Waals surface area contributed by atoms with Crippen molar-refractivity contribution in [2.75, 3.05) is 19.8 Å². The van der Waals surface area contributed by atoms with E-state index in [1.54, 1.807) is 12.2 Å². The third-order valence-electron chi connectivity index (χ3n) is 8.41. The summed E-state index contributed by atoms with van der Waals surface area (Å²) in [5.41, 5.74) is 5.32. The van der Waals surface area contributed by atoms with Crippen LogP contribution in [-0.2, 0) is 42.3 Å². The second-order valence-corrected chi connectivity index (χ2v) is 15.2. The number of carbonyl (C=O) groups excluding carboxylic acids is 3. The van der Waals surface area contributed by atoms with E-state index in [1.807, 2.05) is 6.08 Å². The van der Waals surface area contributed by atoms with Crippen LogP contribution in [0.2, 0.25) is 0 Å². The number of ketones is 1. The van der Waals surface area contributed by atoms with Crippen molar-refractivity contribution >= 4 is 31.5 Å². The minimum atomic E-state index is -4.75. The number of allylic oxidation sites excluding steroid dienone is 12. The van der Waals surface area contributed by atoms with Crippen molar-refractivity contribution in [3.63, 3.8) is 0 Å². The molecule has 0 saturated carbocycles. The Kier molecular flexibility index (Phi) is 35.8. The first kappa shape index (κ1) is 53.6. The molecule has 0 bridgehead atoms. The highest BCUT2D eigenvalue weighted by molar-refractivity contribution is 7.47. The van der Waals surface area contributed by atoms with Gasteiger partial charge in [0.1, 0.15) is 12.6 Å². The lowest BCUT2D eigenvalue weighted by Crippen LogP contribution is -2.34. The number of hydrogen-bond acceptors (Lipinski definition) is 10. The molecule has 0 radical (unpaired) electrons. The number of phosphoric ester groups is 1. The minimum absolute atomic E-state index is 0.0949. The van der Waals surface area contributed by atoms with Crippen LogP contribution in [0.5, 0.6) is 0 Å². The van der Waals surface area contributed by atoms with Crippen LogP contribution in [0.25, 0.3) is 0 Å². The quantitative estimate of drug-likeness (QED) is 0.0134. The third kappa shape index (κ3) is 37.9. The van der Waals surface area contributed by atoms with Crippen LogP contribution in [-0.4, -0.2) is 65.7 Å². The number of phosphoric acid groups is 1. The summed E-state index contributed by atoms with van der Waals surface area (Å²) in [4.78, 5) is 57.9. The Hall–Kier alpha value is -3.41. The van der Waals surface area contributed by atoms with Gasteiger partial charge < -0.3 is 25.2 Å². The molecule has 0 fully saturated rings. The molecule has 12 nitrogen and oxygen atoms in total. The third-order valence-corrected chi connectivity index (χ3v) is 9.37. The van der Waals surface area contributed by atoms with Crippen LogP contribution in [0.4, 0.5) is 0 Å². The predicted octanol–water partition coefficient (Wildman–Crippen LogP) is 10.1. The number of rotatable bonds is 38. The fraction of sp³-hybridized carbons (Fsp3) is 0.636. The molecule has 0 amide bonds. The van der Waals surface area contributed by atoms with Gasteiger partial charge in [-0.3, -0.25) is 28.2 Å². The molecule has 324 valence electrons. The van der Waals surface area contributed by atoms with Crippen LogP contribution >= 0.6 is 7.82 Å². The number of esters is 2. The molecule has 0 aromatic heterocycles. The van der Waals surface area contributed by atoms with Crippen molar-refractivity contribution in [2.45, 2.75) is 161 Å². The molecular weight excluding hydrogens is 749 g/mol. The van der Waals surface area contributed by atoms with E-state index in [-0.39, 0.29) is 18.6 Å². The van der Waals surface area contributed by atoms with Crippen molar-refractivity contribution in [3.05, 3.63) is 72.9 Å². The average molecular weight is 822 g/mol. The monoisotopic (exact) mass is 821 g/mol. The highest BCUT2D eigenvalue weighted by atomic mass is 31.2. The first-order valence-electron chi connectivity index (χ1n) is 20.9. The molecule has 0 saturated heterocycles. The molecule has 4 N–H and O–H groups in total. The lowest BCUT2D eigenvalue weighted by molar-refractivity contribution is -0.161. The number of aliphatic carboxylic acids is 1. The van der Waals surface area contributed by atoms with Crippen LogP contribution in [0, 0.1) is 0 Å². The Morgan fingerprint density at radius 2 is 1.14 bits per heavy atom. The standard InChI is InChI=1S/C44H72NO11P/c1-3-5-7-9-11-12-13-14-15-16-17-18-19-20-22-26-31-35-43(48)56-40(37-54-57(51,52)55-38-41(45)44(49)50)36-53-42(47)34-30-27-23-25-29-33-39(46)32-28-24-21-10-8-6-4-2/h5,7,11-12,14-15,17-18,21,24,28,32,40-41H,3-4,6,8-10,13,16,19-20,22-23,25-27,29-31,33-38,45H2,1-2H3,(H,49,50)(H,51,52)/b7-5-,12-11-,15-14-,18-17-,24-21-,32-28+/t40-,41+/m1/s1. The number of hydrogen-bond donors (Lipinski definition) is 3. The molecule has 0 aliphatic rings. The number of carboxylic acids is 1. The maximum absolute atomic E-state index is 12.6. The fourth-order valence-electron chi connectivity index (χ4n) is 5.09. The molecule has 0 spiro atoms. The molecule has 0 aliphatic carbocycles. The van der Waals surface area contributed by atoms with Gasteiger partial charge >= 0.3 is 25.7 Å². The average Bonchev–Trinajstić information content (AvgIpc) is 3.18. The molecule has 0 aromatic rings. The van der Waals surface area contributed by atoms with Crippen molar-refractivity contribution in [2.24, 2.45) is 5.73 Å². The smallest absolute Gasteiger partial charge is 0.472 e. The van der Waals surface area contributed by atoms with E-state index >= 15 is 0 Å². The molecule has 1 unspecified atom stereocenters. The Bertz CT molecular complexity index is 1300. The topological polar surface area (TPSA) is 189 Å². The van der Waals surface area contributed by atoms with Gasteiger partial charge in [-0.15, -0.1) is 0 Å². The second kappa shape index (κ2) is 38.1. The van der Waals surface area contributed by atoms with Crippen molar-refractivity contribution in [1.82, 2.24) is 0 Å². The van der Waals surface area contributed by atoms with E-state index in [0.717, 1.165) is 89.9 Å². The molecule has 3 atom stereocenters. The lowest BCUT2D eigenvalue weighted by atomic mass is 10.1. The number of ether oxygens (including phenoxy) is 2. The Balaban J connectivity index is 4.53. The summed E-state index contributed by atoms with van der Waals surface area (Å²) in [5, 5.41) is 8.88. The SMILES string of the molecule is CC/C=C\C/C=C\C/C=C\C/C=C\CCCCCCC(=O)O[C@H](COC(=O)CCCCCCCC(=O)/C=C/C=C\CCCCC)COP(=O)(O)OC[C@H](N)C(=O)O. The van der Waals surface area contributed by atoms with Crippen LogP contribution in [0.1, 0.15) is 149 Å². The van der Waals surface area contributed by atoms with E-state index in [0.29, 0.717) is 19.3 Å². The predicted molar refractivity (Wildman–Crippen MR) is 226 cm³/mol. The summed E-state index contributed by atoms with van der Waals surface area (Å²) in [7, 11) is -4.75. The van der Waals surface area contributed by atoms with Crippen molar-refractivity contribution < 1.29 is 52.3 Å². The molecule has 0 rings (SSSR count). The van der Waals surface area contributed by atoms with Gasteiger partial charge in [0.25, 0.3) is 0 Å². The minimum Gasteiger partial charge on any atom is -0.480 e. The zero-order valence-corrected chi connectivity index (χ0v) is 35.5. The van der Waals surface area contributed by atoms with Gasteiger partial charge in [0, 0.05) is 19.3 Å². The van der Waals surface area contributed by atoms with Gasteiger partial charge in [-0.2, -0.15) is 0 Å². The zero-order chi connectivity index (χ0) is 42.2. The van der Waals surface area contributed by atoms with Gasteiger partial charge in [-0.25, -0.2) is 4.57 Å². The first-order chi connectivity index (χ1) is 27.5. The normalized spacial score (nSPS) is 14.4. The van der Waals surface area contributed by atoms with Gasteiger partial charge in [0.05, 0.1) is 13.2 Å². The zero-order valence-electron chi connectivity index (χ0n) is 34.6. The molecule has 0 aliphatic heterocycles. The van der Waals surface area contributed by atoms with E-state index in [4.69, 9.17) is 24.8 Å². The van der Waals surface area contributed by atoms with E-state index in [9.17, 15) is 28.6 Å². The Morgan fingerprint density at radius 3 is 1.77 bits per heavy atom. The second-order valence-electron chi connectivity index (χ2n) is 13.8. The summed E-state index contributed by atoms with van der Waals surface area (Å²) in [6.07, 6.45) is 40.7. The lowest BCUT2D eigenvalue weighted by Gasteiger charge is -2.20. The largest absolute Gasteiger partial charge is 0.480 e. The van der Waals surface area contributed by atoms with Crippen LogP contribution in [0.3, 0.4) is 0 Å². The highest BCUT2D eigenvalue weighted by Crippen LogP contribution is 2.43. The summed E-state index contributed by atoms with van der Waals surface area (Å²) >= 11 is 0. The van der Waals surface area contributed by atoms with Gasteiger partial charge in [-0.05, 0) is 76.7 Å². The maximum Gasteiger partial charge on any atom is 0.472 e. The van der Waals surface area contributed by atoms with Crippen molar-refractivity contribution in [3.8, 4) is 0 Å². The molecule has 0 aromatic carbocycles. The van der Waals surface area contributed by atoms with Gasteiger partial charge in [-0.1, -0.05) is 126 Å². The van der Waals surface area contributed by atoms with Crippen molar-refractivity contribution in [1.29, 1.82) is 0 Å². The van der Waals surface area contributed by atoms with Gasteiger partial charge in [0.2, 0.25) is 0 Å². The summed E-state index contributed by atoms with van der Waals surface area (Å²) in [5.74, 6) is -2.43. The number of unbranched alkanes of at least 4 members (excludes halogenated alkanes) is 11. The molecule has 0 heterocycles. The summed E-state index contributed by atoms with van der Waals surface area (Å²) in [6, 6.07) is -1.55. The maximum atomic E-state index is 12.6. The molecular formula is C44H72NO11P. The van der Waals surface area contributed by atoms with Gasteiger partial charge in [0.15, 0.2) is 11.9 Å². The Labute approximate surface area is 342 Å². The fourth-order valence-corrected chi connectivity index (χ4v) is 5.87. The van der Waals surface area contributed by atoms with E-state index in [1.165, 1.54) is 12.8 Å². The summed E-state index contributed by atoms with van der Waals surface area (Å²) in [6.45, 7) is 2.47. The highest BCUT2D eigenvalue weighted by Gasteiger charge is 2.28. The first-order valence-corrected chi connectivity index (χ1v) is 22.4. The van der Waals surface area contributed by atoms with E-state index in [2.05, 4.69) is 73.1 Å². The van der Waals surface area contributed by atoms with E-state index < -0.39 is 57.7 Å². The van der Waals surface area contributed by atoms with Crippen LogP contribution < -0.4 is 5.73 Å². The van der Waals surface area contributed by atoms with Crippen LogP contribution in [0.15, 0.2) is 72.9 Å². The Morgan fingerprint density at radius 1 is 0.614 bits per heavy atom. The summed E-state index contributed by atoms with van der Waals surface area (Å²) < 4.78 is 32.5. The molecule has 13 heteroatoms.